The molecule has 0 aliphatic rings. The van der Waals surface area contributed by atoms with E-state index in [2.05, 4.69) is 4.98 Å². The molecule has 0 fully saturated rings. The topological polar surface area (TPSA) is 31.4 Å². The standard InChI is InChI=1S/C9H11Cl2NO2/c1-4-5-6(13-2)8(10)12-9(11)7(5)14-3/h4H2,1-3H3. The Balaban J connectivity index is 3.43. The first kappa shape index (κ1) is 11.4. The molecule has 78 valence electrons. The molecule has 0 aliphatic carbocycles. The molecular formula is C9H11Cl2NO2. The summed E-state index contributed by atoms with van der Waals surface area (Å²) in [5.74, 6) is 1.05. The molecule has 0 radical (unpaired) electrons. The molecule has 0 saturated heterocycles. The van der Waals surface area contributed by atoms with E-state index < -0.39 is 0 Å². The minimum Gasteiger partial charge on any atom is -0.493 e. The van der Waals surface area contributed by atoms with Crippen LogP contribution < -0.4 is 9.47 Å². The number of pyridine rings is 1. The second kappa shape index (κ2) is 4.71. The molecule has 1 heterocycles. The van der Waals surface area contributed by atoms with Gasteiger partial charge in [-0.25, -0.2) is 4.98 Å². The molecule has 14 heavy (non-hydrogen) atoms. The molecule has 5 heteroatoms. The monoisotopic (exact) mass is 235 g/mol. The summed E-state index contributed by atoms with van der Waals surface area (Å²) < 4.78 is 10.3. The number of ether oxygens (including phenoxy) is 2. The van der Waals surface area contributed by atoms with Crippen LogP contribution in [0.5, 0.6) is 11.5 Å². The van der Waals surface area contributed by atoms with E-state index >= 15 is 0 Å². The highest BCUT2D eigenvalue weighted by molar-refractivity contribution is 6.34. The van der Waals surface area contributed by atoms with E-state index in [-0.39, 0.29) is 10.3 Å². The van der Waals surface area contributed by atoms with Crippen LogP contribution in [-0.2, 0) is 6.42 Å². The molecule has 0 saturated carbocycles. The Morgan fingerprint density at radius 1 is 1.07 bits per heavy atom. The van der Waals surface area contributed by atoms with Crippen LogP contribution in [0.3, 0.4) is 0 Å². The van der Waals surface area contributed by atoms with Crippen molar-refractivity contribution in [3.8, 4) is 11.5 Å². The lowest BCUT2D eigenvalue weighted by Gasteiger charge is -2.13. The second-order valence-corrected chi connectivity index (χ2v) is 3.31. The van der Waals surface area contributed by atoms with Crippen LogP contribution in [0.2, 0.25) is 10.3 Å². The van der Waals surface area contributed by atoms with Crippen LogP contribution in [0.15, 0.2) is 0 Å². The fraction of sp³-hybridized carbons (Fsp3) is 0.444. The normalized spacial score (nSPS) is 10.1. The van der Waals surface area contributed by atoms with Crippen LogP contribution >= 0.6 is 23.2 Å². The van der Waals surface area contributed by atoms with Crippen molar-refractivity contribution in [3.63, 3.8) is 0 Å². The van der Waals surface area contributed by atoms with Crippen molar-refractivity contribution in [1.82, 2.24) is 4.98 Å². The van der Waals surface area contributed by atoms with Crippen LogP contribution in [0.4, 0.5) is 0 Å². The van der Waals surface area contributed by atoms with E-state index in [0.717, 1.165) is 5.56 Å². The SMILES string of the molecule is CCc1c(OC)c(Cl)nc(Cl)c1OC. The van der Waals surface area contributed by atoms with Gasteiger partial charge in [-0.3, -0.25) is 0 Å². The summed E-state index contributed by atoms with van der Waals surface area (Å²) in [6.07, 6.45) is 0.717. The van der Waals surface area contributed by atoms with Gasteiger partial charge in [-0.15, -0.1) is 0 Å². The van der Waals surface area contributed by atoms with Crippen molar-refractivity contribution < 1.29 is 9.47 Å². The van der Waals surface area contributed by atoms with Crippen molar-refractivity contribution in [2.75, 3.05) is 14.2 Å². The van der Waals surface area contributed by atoms with Gasteiger partial charge in [0.05, 0.1) is 14.2 Å². The highest BCUT2D eigenvalue weighted by Crippen LogP contribution is 2.38. The zero-order valence-corrected chi connectivity index (χ0v) is 9.74. The zero-order chi connectivity index (χ0) is 10.7. The van der Waals surface area contributed by atoms with E-state index in [4.69, 9.17) is 32.7 Å². The predicted molar refractivity (Wildman–Crippen MR) is 56.7 cm³/mol. The number of halogens is 2. The summed E-state index contributed by atoms with van der Waals surface area (Å²) in [4.78, 5) is 3.90. The molecule has 1 rings (SSSR count). The molecule has 3 nitrogen and oxygen atoms in total. The first-order valence-electron chi connectivity index (χ1n) is 4.11. The highest BCUT2D eigenvalue weighted by atomic mass is 35.5. The average Bonchev–Trinajstić information content (AvgIpc) is 2.16. The first-order valence-corrected chi connectivity index (χ1v) is 4.87. The van der Waals surface area contributed by atoms with Gasteiger partial charge < -0.3 is 9.47 Å². The van der Waals surface area contributed by atoms with E-state index in [1.54, 1.807) is 0 Å². The molecule has 0 aromatic carbocycles. The Bertz CT molecular complexity index is 314. The number of methoxy groups -OCH3 is 2. The third kappa shape index (κ3) is 1.88. The Labute approximate surface area is 92.9 Å². The number of rotatable bonds is 3. The number of aromatic nitrogens is 1. The second-order valence-electron chi connectivity index (χ2n) is 2.59. The number of nitrogens with zero attached hydrogens (tertiary/aromatic N) is 1. The lowest BCUT2D eigenvalue weighted by Crippen LogP contribution is -1.99. The number of hydrogen-bond acceptors (Lipinski definition) is 3. The lowest BCUT2D eigenvalue weighted by atomic mass is 10.2. The average molecular weight is 236 g/mol. The van der Waals surface area contributed by atoms with Gasteiger partial charge in [0.15, 0.2) is 21.8 Å². The molecular weight excluding hydrogens is 225 g/mol. The van der Waals surface area contributed by atoms with Crippen molar-refractivity contribution in [3.05, 3.63) is 15.9 Å². The summed E-state index contributed by atoms with van der Waals surface area (Å²) in [5, 5.41) is 0.519. The van der Waals surface area contributed by atoms with E-state index in [1.807, 2.05) is 6.92 Å². The lowest BCUT2D eigenvalue weighted by molar-refractivity contribution is 0.383. The smallest absolute Gasteiger partial charge is 0.173 e. The van der Waals surface area contributed by atoms with Crippen LogP contribution in [0, 0.1) is 0 Å². The number of hydrogen-bond donors (Lipinski definition) is 0. The van der Waals surface area contributed by atoms with Crippen molar-refractivity contribution >= 4 is 23.2 Å². The molecule has 0 spiro atoms. The molecule has 0 amide bonds. The minimum absolute atomic E-state index is 0.259. The molecule has 1 aromatic heterocycles. The fourth-order valence-corrected chi connectivity index (χ4v) is 1.87. The Hall–Kier alpha value is -0.670. The van der Waals surface area contributed by atoms with E-state index in [0.29, 0.717) is 17.9 Å². The third-order valence-electron chi connectivity index (χ3n) is 1.88. The zero-order valence-electron chi connectivity index (χ0n) is 8.23. The fourth-order valence-electron chi connectivity index (χ4n) is 1.28. The summed E-state index contributed by atoms with van der Waals surface area (Å²) in [6.45, 7) is 1.97. The van der Waals surface area contributed by atoms with Gasteiger partial charge in [0.1, 0.15) is 0 Å². The quantitative estimate of drug-likeness (QED) is 0.756. The maximum atomic E-state index is 5.87. The van der Waals surface area contributed by atoms with Crippen LogP contribution in [0.25, 0.3) is 0 Å². The van der Waals surface area contributed by atoms with Crippen LogP contribution in [-0.4, -0.2) is 19.2 Å². The van der Waals surface area contributed by atoms with Crippen LogP contribution in [0.1, 0.15) is 12.5 Å². The van der Waals surface area contributed by atoms with Gasteiger partial charge in [0.2, 0.25) is 0 Å². The molecule has 0 N–H and O–H groups in total. The summed E-state index contributed by atoms with van der Waals surface area (Å²) in [6, 6.07) is 0. The third-order valence-corrected chi connectivity index (χ3v) is 2.39. The van der Waals surface area contributed by atoms with Crippen molar-refractivity contribution in [2.45, 2.75) is 13.3 Å². The molecule has 0 unspecified atom stereocenters. The van der Waals surface area contributed by atoms with Gasteiger partial charge in [0.25, 0.3) is 0 Å². The first-order chi connectivity index (χ1) is 6.65. The Morgan fingerprint density at radius 3 is 1.79 bits per heavy atom. The molecule has 0 bridgehead atoms. The van der Waals surface area contributed by atoms with Gasteiger partial charge in [-0.1, -0.05) is 30.1 Å². The van der Waals surface area contributed by atoms with Gasteiger partial charge in [0, 0.05) is 5.56 Å². The predicted octanol–water partition coefficient (Wildman–Crippen LogP) is 2.97. The summed E-state index contributed by atoms with van der Waals surface area (Å²) in [5.41, 5.74) is 0.833. The molecule has 0 atom stereocenters. The van der Waals surface area contributed by atoms with Crippen molar-refractivity contribution in [1.29, 1.82) is 0 Å². The van der Waals surface area contributed by atoms with E-state index in [9.17, 15) is 0 Å². The molecule has 1 aromatic rings. The van der Waals surface area contributed by atoms with Gasteiger partial charge in [-0.05, 0) is 6.42 Å². The summed E-state index contributed by atoms with van der Waals surface area (Å²) in [7, 11) is 3.07. The Morgan fingerprint density at radius 2 is 1.50 bits per heavy atom. The highest BCUT2D eigenvalue weighted by Gasteiger charge is 2.17. The Kier molecular flexibility index (Phi) is 3.84. The minimum atomic E-state index is 0.259. The van der Waals surface area contributed by atoms with Gasteiger partial charge in [-0.2, -0.15) is 0 Å². The van der Waals surface area contributed by atoms with E-state index in [1.165, 1.54) is 14.2 Å². The van der Waals surface area contributed by atoms with Crippen molar-refractivity contribution in [2.24, 2.45) is 0 Å². The largest absolute Gasteiger partial charge is 0.493 e. The maximum Gasteiger partial charge on any atom is 0.173 e. The maximum absolute atomic E-state index is 5.87. The summed E-state index contributed by atoms with van der Waals surface area (Å²) >= 11 is 11.7. The molecule has 0 aliphatic heterocycles. The van der Waals surface area contributed by atoms with Gasteiger partial charge >= 0.3 is 0 Å².